The molecule has 0 unspecified atom stereocenters. The molecular weight excluding hydrogens is 236 g/mol. The predicted octanol–water partition coefficient (Wildman–Crippen LogP) is 0.176. The minimum Gasteiger partial charge on any atom is -0.384 e. The lowest BCUT2D eigenvalue weighted by Crippen LogP contribution is -2.39. The number of thiophene rings is 1. The number of amides is 1. The maximum atomic E-state index is 11.7. The first kappa shape index (κ1) is 11.8. The third-order valence-corrected chi connectivity index (χ3v) is 3.40. The maximum Gasteiger partial charge on any atom is 0.241 e. The molecule has 0 saturated heterocycles. The van der Waals surface area contributed by atoms with Crippen molar-refractivity contribution in [3.05, 3.63) is 34.0 Å². The molecule has 1 aliphatic heterocycles. The molecule has 0 saturated carbocycles. The van der Waals surface area contributed by atoms with E-state index >= 15 is 0 Å². The Labute approximate surface area is 103 Å². The topological polar surface area (TPSA) is 91.0 Å². The molecular formula is C11H14N4OS. The molecule has 17 heavy (non-hydrogen) atoms. The summed E-state index contributed by atoms with van der Waals surface area (Å²) in [5.74, 6) is 0.0238. The lowest BCUT2D eigenvalue weighted by molar-refractivity contribution is -0.122. The fourth-order valence-corrected chi connectivity index (χ4v) is 2.37. The van der Waals surface area contributed by atoms with Crippen LogP contribution in [0.4, 0.5) is 0 Å². The monoisotopic (exact) mass is 250 g/mol. The molecule has 0 aromatic carbocycles. The zero-order valence-corrected chi connectivity index (χ0v) is 10.0. The summed E-state index contributed by atoms with van der Waals surface area (Å²) in [6, 6.07) is 1.60. The van der Waals surface area contributed by atoms with E-state index in [1.807, 2.05) is 23.6 Å². The molecule has 1 amide bonds. The van der Waals surface area contributed by atoms with E-state index in [1.54, 1.807) is 0 Å². The Bertz CT molecular complexity index is 466. The molecule has 5 N–H and O–H groups in total. The number of hydrogen-bond donors (Lipinski definition) is 4. The molecule has 1 atom stereocenters. The normalized spacial score (nSPS) is 18.2. The van der Waals surface area contributed by atoms with E-state index < -0.39 is 0 Å². The Morgan fingerprint density at radius 2 is 2.53 bits per heavy atom. The van der Waals surface area contributed by atoms with Crippen LogP contribution in [0.2, 0.25) is 0 Å². The first-order chi connectivity index (χ1) is 8.16. The second kappa shape index (κ2) is 5.11. The molecule has 5 nitrogen and oxygen atoms in total. The number of nitrogen functional groups attached to an aromatic ring is 1. The van der Waals surface area contributed by atoms with Crippen LogP contribution in [-0.2, 0) is 11.3 Å². The van der Waals surface area contributed by atoms with Crippen molar-refractivity contribution in [3.8, 4) is 0 Å². The first-order valence-corrected chi connectivity index (χ1v) is 6.14. The van der Waals surface area contributed by atoms with E-state index in [-0.39, 0.29) is 17.8 Å². The predicted molar refractivity (Wildman–Crippen MR) is 68.1 cm³/mol. The van der Waals surface area contributed by atoms with Crippen LogP contribution in [0.25, 0.3) is 0 Å². The van der Waals surface area contributed by atoms with Gasteiger partial charge in [-0.3, -0.25) is 15.5 Å². The van der Waals surface area contributed by atoms with E-state index in [2.05, 4.69) is 10.6 Å². The van der Waals surface area contributed by atoms with E-state index in [0.717, 1.165) is 11.4 Å². The van der Waals surface area contributed by atoms with E-state index in [0.29, 0.717) is 12.1 Å². The van der Waals surface area contributed by atoms with Crippen molar-refractivity contribution in [3.63, 3.8) is 0 Å². The summed E-state index contributed by atoms with van der Waals surface area (Å²) in [6.07, 6.45) is 3.79. The molecule has 0 spiro atoms. The number of hydrogen-bond acceptors (Lipinski definition) is 4. The van der Waals surface area contributed by atoms with Crippen LogP contribution < -0.4 is 16.4 Å². The Balaban J connectivity index is 1.86. The van der Waals surface area contributed by atoms with Crippen molar-refractivity contribution in [2.45, 2.75) is 12.6 Å². The van der Waals surface area contributed by atoms with Gasteiger partial charge in [-0.15, -0.1) is 11.3 Å². The Morgan fingerprint density at radius 3 is 3.12 bits per heavy atom. The van der Waals surface area contributed by atoms with Gasteiger partial charge in [0.1, 0.15) is 11.9 Å². The molecule has 0 radical (unpaired) electrons. The zero-order valence-electron chi connectivity index (χ0n) is 9.19. The molecule has 0 fully saturated rings. The van der Waals surface area contributed by atoms with Crippen molar-refractivity contribution < 1.29 is 4.79 Å². The Morgan fingerprint density at radius 1 is 1.71 bits per heavy atom. The molecule has 90 valence electrons. The lowest BCUT2D eigenvalue weighted by atomic mass is 10.2. The fourth-order valence-electron chi connectivity index (χ4n) is 1.55. The van der Waals surface area contributed by atoms with Crippen LogP contribution in [0.15, 0.2) is 23.6 Å². The second-order valence-electron chi connectivity index (χ2n) is 3.75. The number of carbonyl (C=O) groups excluding carboxylic acids is 1. The largest absolute Gasteiger partial charge is 0.384 e. The van der Waals surface area contributed by atoms with E-state index in [1.165, 1.54) is 11.3 Å². The van der Waals surface area contributed by atoms with E-state index in [9.17, 15) is 4.79 Å². The van der Waals surface area contributed by atoms with Crippen LogP contribution in [0.5, 0.6) is 0 Å². The molecule has 1 aromatic heterocycles. The summed E-state index contributed by atoms with van der Waals surface area (Å²) in [6.45, 7) is 1.22. The first-order valence-electron chi connectivity index (χ1n) is 5.26. The second-order valence-corrected chi connectivity index (χ2v) is 4.74. The summed E-state index contributed by atoms with van der Waals surface area (Å²) in [4.78, 5) is 12.7. The van der Waals surface area contributed by atoms with Crippen molar-refractivity contribution in [1.29, 1.82) is 5.41 Å². The van der Waals surface area contributed by atoms with Gasteiger partial charge in [-0.05, 0) is 6.07 Å². The standard InChI is InChI=1S/C11H14N4OS/c12-10(13)7-4-8(17-6-7)5-15-11(16)9-2-1-3-14-9/h1-2,4,6,9,14H,3,5H2,(H3,12,13)(H,15,16)/t9-/m0/s1. The number of nitrogens with two attached hydrogens (primary N) is 1. The SMILES string of the molecule is N=C(N)c1csc(CNC(=O)[C@@H]2C=CCN2)c1. The summed E-state index contributed by atoms with van der Waals surface area (Å²) in [5, 5.41) is 15.0. The number of amidine groups is 1. The third kappa shape index (κ3) is 2.92. The van der Waals surface area contributed by atoms with Crippen LogP contribution in [0, 0.1) is 5.41 Å². The summed E-state index contributed by atoms with van der Waals surface area (Å²) < 4.78 is 0. The number of carbonyl (C=O) groups is 1. The average molecular weight is 250 g/mol. The van der Waals surface area contributed by atoms with Crippen LogP contribution in [0.1, 0.15) is 10.4 Å². The highest BCUT2D eigenvalue weighted by molar-refractivity contribution is 7.10. The lowest BCUT2D eigenvalue weighted by Gasteiger charge is -2.09. The van der Waals surface area contributed by atoms with Gasteiger partial charge in [-0.2, -0.15) is 0 Å². The summed E-state index contributed by atoms with van der Waals surface area (Å²) >= 11 is 1.49. The number of nitrogens with one attached hydrogen (secondary N) is 3. The average Bonchev–Trinajstić information content (AvgIpc) is 2.97. The molecule has 1 aromatic rings. The van der Waals surface area contributed by atoms with Gasteiger partial charge in [0.05, 0.1) is 6.54 Å². The van der Waals surface area contributed by atoms with Gasteiger partial charge in [0, 0.05) is 22.4 Å². The van der Waals surface area contributed by atoms with Gasteiger partial charge in [-0.25, -0.2) is 0 Å². The quantitative estimate of drug-likeness (QED) is 0.349. The molecule has 2 rings (SSSR count). The summed E-state index contributed by atoms with van der Waals surface area (Å²) in [5.41, 5.74) is 6.07. The highest BCUT2D eigenvalue weighted by Gasteiger charge is 2.16. The minimum absolute atomic E-state index is 0.0310. The minimum atomic E-state index is -0.220. The van der Waals surface area contributed by atoms with Crippen LogP contribution in [-0.4, -0.2) is 24.3 Å². The van der Waals surface area contributed by atoms with Gasteiger partial charge in [0.15, 0.2) is 0 Å². The van der Waals surface area contributed by atoms with Gasteiger partial charge >= 0.3 is 0 Å². The highest BCUT2D eigenvalue weighted by Crippen LogP contribution is 2.13. The molecule has 0 bridgehead atoms. The van der Waals surface area contributed by atoms with Gasteiger partial charge < -0.3 is 11.1 Å². The van der Waals surface area contributed by atoms with Gasteiger partial charge in [0.25, 0.3) is 0 Å². The molecule has 0 aliphatic carbocycles. The Kier molecular flexibility index (Phi) is 3.55. The maximum absolute atomic E-state index is 11.7. The van der Waals surface area contributed by atoms with E-state index in [4.69, 9.17) is 11.1 Å². The molecule has 6 heteroatoms. The number of rotatable bonds is 4. The highest BCUT2D eigenvalue weighted by atomic mass is 32.1. The molecule has 1 aliphatic rings. The van der Waals surface area contributed by atoms with Gasteiger partial charge in [-0.1, -0.05) is 12.2 Å². The van der Waals surface area contributed by atoms with Crippen molar-refractivity contribution in [2.24, 2.45) is 5.73 Å². The van der Waals surface area contributed by atoms with Gasteiger partial charge in [0.2, 0.25) is 5.91 Å². The van der Waals surface area contributed by atoms with Crippen LogP contribution in [0.3, 0.4) is 0 Å². The fraction of sp³-hybridized carbons (Fsp3) is 0.273. The summed E-state index contributed by atoms with van der Waals surface area (Å²) in [7, 11) is 0. The smallest absolute Gasteiger partial charge is 0.241 e. The van der Waals surface area contributed by atoms with Crippen molar-refractivity contribution >= 4 is 23.1 Å². The third-order valence-electron chi connectivity index (χ3n) is 2.47. The van der Waals surface area contributed by atoms with Crippen LogP contribution >= 0.6 is 11.3 Å². The van der Waals surface area contributed by atoms with Crippen molar-refractivity contribution in [2.75, 3.05) is 6.54 Å². The molecule has 2 heterocycles. The van der Waals surface area contributed by atoms with Crippen molar-refractivity contribution in [1.82, 2.24) is 10.6 Å². The zero-order chi connectivity index (χ0) is 12.3. The Hall–Kier alpha value is -1.66.